The Morgan fingerprint density at radius 3 is 2.10 bits per heavy atom. The molecule has 6 heteroatoms. The van der Waals surface area contributed by atoms with Crippen molar-refractivity contribution < 1.29 is 29.9 Å². The average Bonchev–Trinajstić information content (AvgIpc) is 3.00. The summed E-state index contributed by atoms with van der Waals surface area (Å²) in [5.41, 5.74) is 6.10. The molecule has 1 aromatic rings. The normalized spacial score (nSPS) is 26.3. The molecule has 1 fully saturated rings. The maximum absolute atomic E-state index is 10.5. The van der Waals surface area contributed by atoms with Crippen molar-refractivity contribution in [3.8, 4) is 11.1 Å². The van der Waals surface area contributed by atoms with Crippen molar-refractivity contribution in [3.05, 3.63) is 82.9 Å². The van der Waals surface area contributed by atoms with Crippen molar-refractivity contribution in [1.82, 2.24) is 0 Å². The van der Waals surface area contributed by atoms with E-state index in [2.05, 4.69) is 30.3 Å². The van der Waals surface area contributed by atoms with Crippen LogP contribution in [0.5, 0.6) is 0 Å². The molecule has 0 amide bonds. The third-order valence-electron chi connectivity index (χ3n) is 5.80. The molecule has 5 atom stereocenters. The summed E-state index contributed by atoms with van der Waals surface area (Å²) in [4.78, 5) is 0. The van der Waals surface area contributed by atoms with E-state index in [1.54, 1.807) is 7.11 Å². The van der Waals surface area contributed by atoms with Crippen molar-refractivity contribution >= 4 is 0 Å². The monoisotopic (exact) mass is 424 g/mol. The lowest BCUT2D eigenvalue weighted by Crippen LogP contribution is -2.55. The summed E-state index contributed by atoms with van der Waals surface area (Å²) in [6.07, 6.45) is -5.24. The van der Waals surface area contributed by atoms with E-state index in [0.717, 1.165) is 16.7 Å². The van der Waals surface area contributed by atoms with E-state index in [1.807, 2.05) is 30.3 Å². The van der Waals surface area contributed by atoms with Crippen molar-refractivity contribution in [2.24, 2.45) is 0 Å². The highest BCUT2D eigenvalue weighted by Crippen LogP contribution is 2.34. The van der Waals surface area contributed by atoms with E-state index in [9.17, 15) is 20.4 Å². The third kappa shape index (κ3) is 4.65. The smallest absolute Gasteiger partial charge is 0.113 e. The lowest BCUT2D eigenvalue weighted by atomic mass is 9.89. The highest BCUT2D eigenvalue weighted by atomic mass is 16.5. The first-order valence-corrected chi connectivity index (χ1v) is 10.4. The maximum atomic E-state index is 10.5. The topological polar surface area (TPSA) is 99.4 Å². The van der Waals surface area contributed by atoms with Gasteiger partial charge in [0.25, 0.3) is 0 Å². The van der Waals surface area contributed by atoms with E-state index in [1.165, 1.54) is 11.1 Å². The van der Waals surface area contributed by atoms with Gasteiger partial charge in [0.2, 0.25) is 0 Å². The Morgan fingerprint density at radius 1 is 0.806 bits per heavy atom. The van der Waals surface area contributed by atoms with Crippen LogP contribution in [0.15, 0.2) is 60.7 Å². The molecule has 1 aliphatic heterocycles. The minimum absolute atomic E-state index is 0.386. The zero-order valence-electron chi connectivity index (χ0n) is 17.4. The molecule has 3 aliphatic rings. The molecule has 2 aliphatic carbocycles. The molecule has 0 unspecified atom stereocenters. The number of hydrogen-bond donors (Lipinski definition) is 4. The lowest BCUT2D eigenvalue weighted by Gasteiger charge is -2.40. The highest BCUT2D eigenvalue weighted by molar-refractivity contribution is 5.68. The van der Waals surface area contributed by atoms with Crippen LogP contribution in [0.25, 0.3) is 11.1 Å². The van der Waals surface area contributed by atoms with Gasteiger partial charge >= 0.3 is 0 Å². The second-order valence-corrected chi connectivity index (χ2v) is 8.13. The Hall–Kier alpha value is -2.32. The van der Waals surface area contributed by atoms with Crippen LogP contribution in [0.2, 0.25) is 0 Å². The van der Waals surface area contributed by atoms with E-state index >= 15 is 0 Å². The molecular weight excluding hydrogens is 396 g/mol. The Kier molecular flexibility index (Phi) is 6.67. The fraction of sp³-hybridized carbons (Fsp3) is 0.360. The predicted molar refractivity (Wildman–Crippen MR) is 116 cm³/mol. The van der Waals surface area contributed by atoms with Crippen molar-refractivity contribution in [2.75, 3.05) is 13.7 Å². The first-order valence-electron chi connectivity index (χ1n) is 10.4. The number of ether oxygens (including phenoxy) is 2. The average molecular weight is 424 g/mol. The Labute approximate surface area is 181 Å². The van der Waals surface area contributed by atoms with Gasteiger partial charge in [-0.3, -0.25) is 0 Å². The van der Waals surface area contributed by atoms with E-state index < -0.39 is 37.1 Å². The number of hydrogen-bond acceptors (Lipinski definition) is 6. The number of aliphatic hydroxyl groups excluding tert-OH is 4. The van der Waals surface area contributed by atoms with Crippen molar-refractivity contribution in [3.63, 3.8) is 0 Å². The summed E-state index contributed by atoms with van der Waals surface area (Å²) in [7, 11) is 1.62. The standard InChI is InChI=1S/C25H28O6/c1-30-14-17-8-15(7-16-9-18-5-3-2-4-6-19(18)10-16)11-20(12-17)25-24(29)23(28)22(27)21(13-26)31-25/h2-6,8-12,21-29H,7,13-14H2,1H3/t21-,22-,23+,24-,25+/m1/s1. The molecule has 4 rings (SSSR count). The molecule has 0 bridgehead atoms. The zero-order chi connectivity index (χ0) is 22.0. The molecule has 1 aromatic carbocycles. The molecular formula is C25H28O6. The van der Waals surface area contributed by atoms with Gasteiger partial charge in [-0.15, -0.1) is 0 Å². The third-order valence-corrected chi connectivity index (χ3v) is 5.80. The van der Waals surface area contributed by atoms with Gasteiger partial charge in [-0.25, -0.2) is 0 Å². The number of benzene rings is 1. The first kappa shape index (κ1) is 21.9. The summed E-state index contributed by atoms with van der Waals surface area (Å²) in [6.45, 7) is -0.0688. The molecule has 1 heterocycles. The molecule has 0 radical (unpaired) electrons. The SMILES string of the molecule is COCc1cc(Cc2cc3cccccc-3c2)cc([C@@H]2O[C@H](CO)[C@@H](O)[C@H](O)[C@H]2O)c1. The van der Waals surface area contributed by atoms with Crippen molar-refractivity contribution in [2.45, 2.75) is 43.5 Å². The minimum atomic E-state index is -1.41. The Balaban J connectivity index is 1.67. The largest absolute Gasteiger partial charge is 0.394 e. The maximum Gasteiger partial charge on any atom is 0.113 e. The van der Waals surface area contributed by atoms with Gasteiger partial charge in [0.1, 0.15) is 30.5 Å². The summed E-state index contributed by atoms with van der Waals surface area (Å²) in [5.74, 6) is 0. The van der Waals surface area contributed by atoms with Gasteiger partial charge in [-0.2, -0.15) is 0 Å². The van der Waals surface area contributed by atoms with Crippen LogP contribution in [0.4, 0.5) is 0 Å². The fourth-order valence-corrected chi connectivity index (χ4v) is 4.30. The Morgan fingerprint density at radius 2 is 1.45 bits per heavy atom. The fourth-order valence-electron chi connectivity index (χ4n) is 4.30. The van der Waals surface area contributed by atoms with Crippen LogP contribution in [-0.2, 0) is 22.5 Å². The van der Waals surface area contributed by atoms with Crippen LogP contribution >= 0.6 is 0 Å². The number of methoxy groups -OCH3 is 1. The van der Waals surface area contributed by atoms with Gasteiger partial charge in [0.05, 0.1) is 13.2 Å². The predicted octanol–water partition coefficient (Wildman–Crippen LogP) is 2.04. The van der Waals surface area contributed by atoms with Crippen LogP contribution in [-0.4, -0.2) is 58.6 Å². The van der Waals surface area contributed by atoms with Gasteiger partial charge < -0.3 is 29.9 Å². The molecule has 0 spiro atoms. The summed E-state index contributed by atoms with van der Waals surface area (Å²) < 4.78 is 11.1. The van der Waals surface area contributed by atoms with E-state index in [0.29, 0.717) is 18.6 Å². The zero-order valence-corrected chi connectivity index (χ0v) is 17.4. The van der Waals surface area contributed by atoms with Crippen LogP contribution in [0, 0.1) is 0 Å². The number of rotatable bonds is 6. The lowest BCUT2D eigenvalue weighted by molar-refractivity contribution is -0.231. The van der Waals surface area contributed by atoms with E-state index in [4.69, 9.17) is 9.47 Å². The first-order chi connectivity index (χ1) is 15.0. The molecule has 1 saturated heterocycles. The van der Waals surface area contributed by atoms with E-state index in [-0.39, 0.29) is 0 Å². The highest BCUT2D eigenvalue weighted by Gasteiger charge is 2.44. The summed E-state index contributed by atoms with van der Waals surface area (Å²) >= 11 is 0. The summed E-state index contributed by atoms with van der Waals surface area (Å²) in [5, 5.41) is 40.3. The number of fused-ring (bicyclic) bond motifs is 1. The minimum Gasteiger partial charge on any atom is -0.394 e. The molecule has 164 valence electrons. The molecule has 31 heavy (non-hydrogen) atoms. The quantitative estimate of drug-likeness (QED) is 0.483. The molecule has 0 aromatic heterocycles. The Bertz CT molecular complexity index is 957. The second-order valence-electron chi connectivity index (χ2n) is 8.13. The van der Waals surface area contributed by atoms with Gasteiger partial charge in [-0.05, 0) is 39.8 Å². The molecule has 4 N–H and O–H groups in total. The number of aliphatic hydroxyl groups is 4. The van der Waals surface area contributed by atoms with Gasteiger partial charge in [0, 0.05) is 7.11 Å². The van der Waals surface area contributed by atoms with Gasteiger partial charge in [-0.1, -0.05) is 60.7 Å². The summed E-state index contributed by atoms with van der Waals surface area (Å²) in [6, 6.07) is 20.4. The second kappa shape index (κ2) is 9.44. The van der Waals surface area contributed by atoms with Gasteiger partial charge in [0.15, 0.2) is 0 Å². The van der Waals surface area contributed by atoms with Crippen LogP contribution < -0.4 is 0 Å². The molecule has 0 saturated carbocycles. The van der Waals surface area contributed by atoms with Crippen LogP contribution in [0.1, 0.15) is 28.4 Å². The molecule has 6 nitrogen and oxygen atoms in total. The van der Waals surface area contributed by atoms with Crippen LogP contribution in [0.3, 0.4) is 0 Å². The van der Waals surface area contributed by atoms with Crippen molar-refractivity contribution in [1.29, 1.82) is 0 Å².